The quantitative estimate of drug-likeness (QED) is 0.398. The molecule has 0 aromatic rings. The van der Waals surface area contributed by atoms with Crippen LogP contribution in [0.5, 0.6) is 0 Å². The summed E-state index contributed by atoms with van der Waals surface area (Å²) < 4.78 is 17.3. The first-order chi connectivity index (χ1) is 7.16. The smallest absolute Gasteiger partial charge is 0.293 e. The van der Waals surface area contributed by atoms with Crippen LogP contribution < -0.4 is 0 Å². The van der Waals surface area contributed by atoms with Gasteiger partial charge in [0.05, 0.1) is 6.61 Å². The highest BCUT2D eigenvalue weighted by Crippen LogP contribution is 2.34. The van der Waals surface area contributed by atoms with E-state index in [1.54, 1.807) is 0 Å². The molecule has 5 nitrogen and oxygen atoms in total. The minimum atomic E-state index is -2.66. The molecule has 6 heteroatoms. The van der Waals surface area contributed by atoms with Crippen LogP contribution in [0, 0.1) is 0 Å². The summed E-state index contributed by atoms with van der Waals surface area (Å²) >= 11 is 0. The molecule has 0 spiro atoms. The van der Waals surface area contributed by atoms with E-state index in [9.17, 15) is 14.2 Å². The number of hydrogen-bond donors (Lipinski definition) is 0. The lowest BCUT2D eigenvalue weighted by Crippen LogP contribution is -2.21. The van der Waals surface area contributed by atoms with Crippen molar-refractivity contribution in [1.29, 1.82) is 0 Å². The molecule has 0 N–H and O–H groups in total. The maximum atomic E-state index is 11.5. The maximum absolute atomic E-state index is 11.5. The number of imide groups is 1. The van der Waals surface area contributed by atoms with Crippen molar-refractivity contribution in [3.8, 4) is 0 Å². The molecule has 1 rings (SSSR count). The summed E-state index contributed by atoms with van der Waals surface area (Å²) in [6.45, 7) is 2.40. The number of carbonyl (C=O) groups is 2. The average molecular weight is 233 g/mol. The van der Waals surface area contributed by atoms with Gasteiger partial charge in [0.1, 0.15) is 0 Å². The van der Waals surface area contributed by atoms with Gasteiger partial charge < -0.3 is 4.52 Å². The lowest BCUT2D eigenvalue weighted by molar-refractivity contribution is -0.132. The number of unbranched alkanes of at least 4 members (excludes halogenated alkanes) is 2. The van der Waals surface area contributed by atoms with E-state index >= 15 is 0 Å². The summed E-state index contributed by atoms with van der Waals surface area (Å²) in [7, 11) is -2.66. The van der Waals surface area contributed by atoms with Crippen molar-refractivity contribution in [1.82, 2.24) is 4.67 Å². The van der Waals surface area contributed by atoms with E-state index in [4.69, 9.17) is 4.52 Å². The fourth-order valence-corrected chi connectivity index (χ4v) is 2.44. The highest BCUT2D eigenvalue weighted by molar-refractivity contribution is 7.38. The van der Waals surface area contributed by atoms with Crippen LogP contribution in [0.3, 0.4) is 0 Å². The van der Waals surface area contributed by atoms with Crippen molar-refractivity contribution in [2.24, 2.45) is 0 Å². The topological polar surface area (TPSA) is 63.7 Å². The van der Waals surface area contributed by atoms with Gasteiger partial charge in [-0.2, -0.15) is 0 Å². The van der Waals surface area contributed by atoms with Crippen LogP contribution in [-0.4, -0.2) is 23.1 Å². The molecule has 0 bridgehead atoms. The minimum absolute atomic E-state index is 0.160. The Bertz CT molecular complexity index is 263. The van der Waals surface area contributed by atoms with Gasteiger partial charge in [-0.15, -0.1) is 0 Å². The fraction of sp³-hybridized carbons (Fsp3) is 0.778. The summed E-state index contributed by atoms with van der Waals surface area (Å²) in [6.07, 6.45) is 3.17. The van der Waals surface area contributed by atoms with Gasteiger partial charge in [-0.05, 0) is 6.42 Å². The Morgan fingerprint density at radius 1 is 1.27 bits per heavy atom. The van der Waals surface area contributed by atoms with Crippen LogP contribution in [0.2, 0.25) is 0 Å². The van der Waals surface area contributed by atoms with Crippen molar-refractivity contribution in [2.45, 2.75) is 39.0 Å². The molecule has 0 aromatic heterocycles. The Kier molecular flexibility index (Phi) is 4.99. The van der Waals surface area contributed by atoms with E-state index < -0.39 is 8.18 Å². The Morgan fingerprint density at radius 2 is 1.87 bits per heavy atom. The molecule has 1 atom stereocenters. The minimum Gasteiger partial charge on any atom is -0.315 e. The van der Waals surface area contributed by atoms with Gasteiger partial charge >= 0.3 is 0 Å². The third kappa shape index (κ3) is 3.43. The molecule has 0 saturated carbocycles. The number of nitrogens with zero attached hydrogens (tertiary/aromatic N) is 1. The van der Waals surface area contributed by atoms with Crippen molar-refractivity contribution < 1.29 is 18.7 Å². The first-order valence-electron chi connectivity index (χ1n) is 5.19. The van der Waals surface area contributed by atoms with E-state index in [1.807, 2.05) is 0 Å². The monoisotopic (exact) mass is 233 g/mol. The second-order valence-electron chi connectivity index (χ2n) is 3.44. The predicted octanol–water partition coefficient (Wildman–Crippen LogP) is 1.73. The molecule has 1 aliphatic rings. The molecule has 1 heterocycles. The summed E-state index contributed by atoms with van der Waals surface area (Å²) in [5.74, 6) is -0.751. The zero-order chi connectivity index (χ0) is 11.3. The lowest BCUT2D eigenvalue weighted by Gasteiger charge is -2.12. The highest BCUT2D eigenvalue weighted by Gasteiger charge is 2.33. The van der Waals surface area contributed by atoms with Crippen molar-refractivity contribution in [3.05, 3.63) is 0 Å². The van der Waals surface area contributed by atoms with Gasteiger partial charge in [0.15, 0.2) is 0 Å². The Morgan fingerprint density at radius 3 is 2.40 bits per heavy atom. The van der Waals surface area contributed by atoms with Crippen molar-refractivity contribution >= 4 is 20.0 Å². The molecule has 2 amide bonds. The van der Waals surface area contributed by atoms with Gasteiger partial charge in [-0.3, -0.25) is 14.2 Å². The molecule has 0 aliphatic carbocycles. The van der Waals surface area contributed by atoms with Crippen LogP contribution in [0.4, 0.5) is 0 Å². The second kappa shape index (κ2) is 6.03. The normalized spacial score (nSPS) is 18.6. The van der Waals surface area contributed by atoms with Crippen LogP contribution in [0.1, 0.15) is 39.0 Å². The summed E-state index contributed by atoms with van der Waals surface area (Å²) in [5.41, 5.74) is 0. The molecule has 15 heavy (non-hydrogen) atoms. The third-order valence-corrected chi connectivity index (χ3v) is 3.52. The summed E-state index contributed by atoms with van der Waals surface area (Å²) in [6, 6.07) is 0. The number of amides is 2. The standard InChI is InChI=1S/C9H16NO4P/c1-2-3-4-7-14-15(13)10-8(11)5-6-9(10)12/h15H,2-7H2,1H3. The van der Waals surface area contributed by atoms with Crippen LogP contribution in [0.15, 0.2) is 0 Å². The van der Waals surface area contributed by atoms with E-state index in [-0.39, 0.29) is 24.7 Å². The first kappa shape index (κ1) is 12.4. The molecule has 86 valence electrons. The van der Waals surface area contributed by atoms with Crippen LogP contribution in [-0.2, 0) is 18.7 Å². The largest absolute Gasteiger partial charge is 0.315 e. The molecular weight excluding hydrogens is 217 g/mol. The Labute approximate surface area is 89.7 Å². The van der Waals surface area contributed by atoms with E-state index in [0.29, 0.717) is 6.61 Å². The van der Waals surface area contributed by atoms with E-state index in [0.717, 1.165) is 23.9 Å². The fourth-order valence-electron chi connectivity index (χ4n) is 1.36. The SMILES string of the molecule is CCCCCO[PH](=O)N1C(=O)CCC1=O. The maximum Gasteiger partial charge on any atom is 0.293 e. The van der Waals surface area contributed by atoms with E-state index in [2.05, 4.69) is 6.92 Å². The van der Waals surface area contributed by atoms with Gasteiger partial charge in [0.2, 0.25) is 11.8 Å². The van der Waals surface area contributed by atoms with E-state index in [1.165, 1.54) is 0 Å². The van der Waals surface area contributed by atoms with Gasteiger partial charge in [0.25, 0.3) is 8.18 Å². The average Bonchev–Trinajstić information content (AvgIpc) is 2.53. The summed E-state index contributed by atoms with van der Waals surface area (Å²) in [5, 5.41) is 0. The van der Waals surface area contributed by atoms with Crippen LogP contribution in [0.25, 0.3) is 0 Å². The first-order valence-corrected chi connectivity index (χ1v) is 6.45. The summed E-state index contributed by atoms with van der Waals surface area (Å²) in [4.78, 5) is 22.3. The van der Waals surface area contributed by atoms with Crippen LogP contribution >= 0.6 is 8.18 Å². The molecule has 1 aliphatic heterocycles. The second-order valence-corrected chi connectivity index (χ2v) is 4.71. The number of rotatable bonds is 6. The molecule has 0 aromatic carbocycles. The Hall–Kier alpha value is -0.670. The van der Waals surface area contributed by atoms with Gasteiger partial charge in [-0.1, -0.05) is 19.8 Å². The number of carbonyl (C=O) groups excluding carboxylic acids is 2. The van der Waals surface area contributed by atoms with Crippen molar-refractivity contribution in [2.75, 3.05) is 6.61 Å². The Balaban J connectivity index is 2.33. The zero-order valence-electron chi connectivity index (χ0n) is 8.82. The zero-order valence-corrected chi connectivity index (χ0v) is 9.82. The molecular formula is C9H16NO4P. The lowest BCUT2D eigenvalue weighted by atomic mass is 10.3. The number of hydrogen-bond acceptors (Lipinski definition) is 4. The third-order valence-electron chi connectivity index (χ3n) is 2.21. The molecule has 1 fully saturated rings. The van der Waals surface area contributed by atoms with Gasteiger partial charge in [0, 0.05) is 12.8 Å². The van der Waals surface area contributed by atoms with Gasteiger partial charge in [-0.25, -0.2) is 4.67 Å². The molecule has 1 saturated heterocycles. The van der Waals surface area contributed by atoms with Crippen molar-refractivity contribution in [3.63, 3.8) is 0 Å². The molecule has 1 unspecified atom stereocenters. The highest BCUT2D eigenvalue weighted by atomic mass is 31.1. The molecule has 0 radical (unpaired) electrons. The predicted molar refractivity (Wildman–Crippen MR) is 55.6 cm³/mol.